The van der Waals surface area contributed by atoms with E-state index in [4.69, 9.17) is 4.74 Å². The van der Waals surface area contributed by atoms with Gasteiger partial charge in [0.15, 0.2) is 0 Å². The van der Waals surface area contributed by atoms with Crippen molar-refractivity contribution in [1.82, 2.24) is 9.55 Å². The van der Waals surface area contributed by atoms with Crippen LogP contribution in [0.4, 0.5) is 13.2 Å². The zero-order valence-electron chi connectivity index (χ0n) is 11.7. The summed E-state index contributed by atoms with van der Waals surface area (Å²) in [6.45, 7) is 0. The maximum atomic E-state index is 12.8. The Morgan fingerprint density at radius 2 is 1.91 bits per heavy atom. The van der Waals surface area contributed by atoms with E-state index in [0.717, 1.165) is 12.1 Å². The predicted octanol–water partition coefficient (Wildman–Crippen LogP) is 4.11. The van der Waals surface area contributed by atoms with Crippen molar-refractivity contribution in [3.05, 3.63) is 56.9 Å². The van der Waals surface area contributed by atoms with Crippen LogP contribution in [0.2, 0.25) is 0 Å². The number of hydrogen-bond donors (Lipinski definition) is 1. The molecule has 0 aliphatic rings. The molecule has 23 heavy (non-hydrogen) atoms. The third-order valence-electron chi connectivity index (χ3n) is 3.39. The molecule has 0 spiro atoms. The Kier molecular flexibility index (Phi) is 3.71. The number of halogens is 4. The Morgan fingerprint density at radius 1 is 1.17 bits per heavy atom. The minimum absolute atomic E-state index is 0.104. The van der Waals surface area contributed by atoms with Gasteiger partial charge < -0.3 is 9.72 Å². The summed E-state index contributed by atoms with van der Waals surface area (Å²) in [6.07, 6.45) is -4.47. The molecule has 4 nitrogen and oxygen atoms in total. The topological polar surface area (TPSA) is 47.0 Å². The average Bonchev–Trinajstić information content (AvgIpc) is 2.81. The molecule has 1 heterocycles. The minimum Gasteiger partial charge on any atom is -0.495 e. The highest BCUT2D eigenvalue weighted by molar-refractivity contribution is 9.10. The lowest BCUT2D eigenvalue weighted by Crippen LogP contribution is -2.15. The number of alkyl halides is 3. The lowest BCUT2D eigenvalue weighted by Gasteiger charge is -2.11. The van der Waals surface area contributed by atoms with Crippen molar-refractivity contribution in [3.63, 3.8) is 0 Å². The van der Waals surface area contributed by atoms with Gasteiger partial charge in [-0.3, -0.25) is 4.57 Å². The van der Waals surface area contributed by atoms with E-state index in [1.807, 2.05) is 0 Å². The first-order valence-corrected chi connectivity index (χ1v) is 7.26. The molecule has 0 unspecified atom stereocenters. The number of rotatable bonds is 2. The van der Waals surface area contributed by atoms with Crippen LogP contribution < -0.4 is 10.4 Å². The SMILES string of the molecule is COc1ccc(Br)cc1-n1c(=O)[nH]c2cc(C(F)(F)F)ccc21. The van der Waals surface area contributed by atoms with E-state index in [1.165, 1.54) is 17.7 Å². The number of methoxy groups -OCH3 is 1. The standard InChI is InChI=1S/C15H10BrF3N2O2/c1-23-13-5-3-9(16)7-12(13)21-11-4-2-8(15(17,18)19)6-10(11)20-14(21)22/h2-7H,1H3,(H,20,22). The van der Waals surface area contributed by atoms with Gasteiger partial charge in [0.25, 0.3) is 0 Å². The third-order valence-corrected chi connectivity index (χ3v) is 3.88. The fourth-order valence-corrected chi connectivity index (χ4v) is 2.71. The smallest absolute Gasteiger partial charge is 0.416 e. The number of ether oxygens (including phenoxy) is 1. The molecular formula is C15H10BrF3N2O2. The molecule has 0 aliphatic heterocycles. The van der Waals surface area contributed by atoms with E-state index in [2.05, 4.69) is 20.9 Å². The Labute approximate surface area is 136 Å². The second-order valence-electron chi connectivity index (χ2n) is 4.81. The molecule has 1 N–H and O–H groups in total. The number of nitrogens with zero attached hydrogens (tertiary/aromatic N) is 1. The van der Waals surface area contributed by atoms with Gasteiger partial charge in [-0.05, 0) is 36.4 Å². The summed E-state index contributed by atoms with van der Waals surface area (Å²) in [5, 5.41) is 0. The number of nitrogens with one attached hydrogen (secondary N) is 1. The first-order chi connectivity index (χ1) is 10.8. The lowest BCUT2D eigenvalue weighted by molar-refractivity contribution is -0.137. The zero-order valence-corrected chi connectivity index (χ0v) is 13.3. The number of imidazole rings is 1. The molecule has 3 rings (SSSR count). The molecule has 120 valence electrons. The van der Waals surface area contributed by atoms with E-state index in [0.29, 0.717) is 21.4 Å². The first-order valence-electron chi connectivity index (χ1n) is 6.47. The predicted molar refractivity (Wildman–Crippen MR) is 83.1 cm³/mol. The highest BCUT2D eigenvalue weighted by Crippen LogP contribution is 2.32. The second-order valence-corrected chi connectivity index (χ2v) is 5.73. The molecule has 0 atom stereocenters. The van der Waals surface area contributed by atoms with Crippen molar-refractivity contribution in [2.45, 2.75) is 6.18 Å². The highest BCUT2D eigenvalue weighted by Gasteiger charge is 2.31. The quantitative estimate of drug-likeness (QED) is 0.720. The van der Waals surface area contributed by atoms with Crippen LogP contribution in [-0.4, -0.2) is 16.7 Å². The van der Waals surface area contributed by atoms with Crippen molar-refractivity contribution in [2.75, 3.05) is 7.11 Å². The normalized spacial score (nSPS) is 11.9. The number of hydrogen-bond acceptors (Lipinski definition) is 2. The average molecular weight is 387 g/mol. The maximum absolute atomic E-state index is 12.8. The molecule has 3 aromatic rings. The van der Waals surface area contributed by atoms with Crippen LogP contribution in [0.5, 0.6) is 5.75 Å². The van der Waals surface area contributed by atoms with E-state index >= 15 is 0 Å². The van der Waals surface area contributed by atoms with Gasteiger partial charge in [0.05, 0.1) is 29.4 Å². The zero-order chi connectivity index (χ0) is 16.8. The number of H-pyrrole nitrogens is 1. The summed E-state index contributed by atoms with van der Waals surface area (Å²) < 4.78 is 45.6. The Hall–Kier alpha value is -2.22. The molecule has 0 saturated heterocycles. The molecule has 8 heteroatoms. The summed E-state index contributed by atoms with van der Waals surface area (Å²) in [4.78, 5) is 14.7. The van der Waals surface area contributed by atoms with Gasteiger partial charge in [-0.2, -0.15) is 13.2 Å². The van der Waals surface area contributed by atoms with Crippen LogP contribution in [0.25, 0.3) is 16.7 Å². The third kappa shape index (κ3) is 2.74. The van der Waals surface area contributed by atoms with E-state index in [9.17, 15) is 18.0 Å². The Morgan fingerprint density at radius 3 is 2.57 bits per heavy atom. The molecule has 0 bridgehead atoms. The second kappa shape index (κ2) is 5.45. The van der Waals surface area contributed by atoms with Crippen LogP contribution in [0.1, 0.15) is 5.56 Å². The van der Waals surface area contributed by atoms with E-state index < -0.39 is 17.4 Å². The van der Waals surface area contributed by atoms with Gasteiger partial charge in [-0.1, -0.05) is 15.9 Å². The van der Waals surface area contributed by atoms with Gasteiger partial charge in [-0.25, -0.2) is 4.79 Å². The van der Waals surface area contributed by atoms with Crippen LogP contribution in [0, 0.1) is 0 Å². The fraction of sp³-hybridized carbons (Fsp3) is 0.133. The van der Waals surface area contributed by atoms with Crippen LogP contribution in [0.15, 0.2) is 45.7 Å². The fourth-order valence-electron chi connectivity index (χ4n) is 2.37. The molecule has 0 fully saturated rings. The maximum Gasteiger partial charge on any atom is 0.416 e. The molecule has 1 aromatic heterocycles. The molecule has 0 saturated carbocycles. The summed E-state index contributed by atoms with van der Waals surface area (Å²) in [5.41, 5.74) is -0.500. The van der Waals surface area contributed by atoms with Gasteiger partial charge in [0.2, 0.25) is 0 Å². The van der Waals surface area contributed by atoms with Crippen LogP contribution in [-0.2, 0) is 6.18 Å². The van der Waals surface area contributed by atoms with Crippen molar-refractivity contribution >= 4 is 27.0 Å². The number of benzene rings is 2. The number of aromatic amines is 1. The summed E-state index contributed by atoms with van der Waals surface area (Å²) in [6, 6.07) is 8.18. The summed E-state index contributed by atoms with van der Waals surface area (Å²) in [7, 11) is 1.45. The minimum atomic E-state index is -4.47. The van der Waals surface area contributed by atoms with Crippen molar-refractivity contribution in [3.8, 4) is 11.4 Å². The summed E-state index contributed by atoms with van der Waals surface area (Å²) in [5.74, 6) is 0.427. The van der Waals surface area contributed by atoms with E-state index in [-0.39, 0.29) is 5.52 Å². The number of aromatic nitrogens is 2. The molecule has 0 amide bonds. The lowest BCUT2D eigenvalue weighted by atomic mass is 10.2. The molecule has 2 aromatic carbocycles. The van der Waals surface area contributed by atoms with Gasteiger partial charge in [-0.15, -0.1) is 0 Å². The van der Waals surface area contributed by atoms with Crippen molar-refractivity contribution in [2.24, 2.45) is 0 Å². The first kappa shape index (κ1) is 15.7. The Balaban J connectivity index is 2.29. The van der Waals surface area contributed by atoms with Crippen LogP contribution in [0.3, 0.4) is 0 Å². The van der Waals surface area contributed by atoms with Crippen molar-refractivity contribution < 1.29 is 17.9 Å². The van der Waals surface area contributed by atoms with Crippen LogP contribution >= 0.6 is 15.9 Å². The van der Waals surface area contributed by atoms with Gasteiger partial charge in [0, 0.05) is 4.47 Å². The van der Waals surface area contributed by atoms with Crippen molar-refractivity contribution in [1.29, 1.82) is 0 Å². The number of fused-ring (bicyclic) bond motifs is 1. The van der Waals surface area contributed by atoms with Gasteiger partial charge >= 0.3 is 11.9 Å². The summed E-state index contributed by atoms with van der Waals surface area (Å²) >= 11 is 3.31. The Bertz CT molecular complexity index is 944. The monoisotopic (exact) mass is 386 g/mol. The largest absolute Gasteiger partial charge is 0.495 e. The molecule has 0 radical (unpaired) electrons. The van der Waals surface area contributed by atoms with E-state index in [1.54, 1.807) is 18.2 Å². The molecule has 0 aliphatic carbocycles. The molecular weight excluding hydrogens is 377 g/mol. The highest BCUT2D eigenvalue weighted by atomic mass is 79.9. The van der Waals surface area contributed by atoms with Gasteiger partial charge in [0.1, 0.15) is 5.75 Å².